The van der Waals surface area contributed by atoms with Crippen molar-refractivity contribution in [3.8, 4) is 0 Å². The number of nitrogens with two attached hydrogens (primary N) is 1. The maximum absolute atomic E-state index is 12.7. The minimum atomic E-state index is -0.307. The molecule has 72 valence electrons. The van der Waals surface area contributed by atoms with Crippen LogP contribution in [-0.4, -0.2) is 6.04 Å². The summed E-state index contributed by atoms with van der Waals surface area (Å²) in [6.07, 6.45) is 1.60. The fourth-order valence-corrected chi connectivity index (χ4v) is 1.36. The van der Waals surface area contributed by atoms with E-state index in [-0.39, 0.29) is 11.9 Å². The summed E-state index contributed by atoms with van der Waals surface area (Å²) in [7, 11) is 0. The molecule has 3 heteroatoms. The Balaban J connectivity index is 2.77. The second-order valence-electron chi connectivity index (χ2n) is 3.11. The van der Waals surface area contributed by atoms with Crippen LogP contribution in [0.25, 0.3) is 0 Å². The van der Waals surface area contributed by atoms with Crippen LogP contribution in [-0.2, 0) is 6.42 Å². The van der Waals surface area contributed by atoms with E-state index in [1.165, 1.54) is 12.1 Å². The Hall–Kier alpha value is -0.600. The monoisotopic (exact) mass is 201 g/mol. The molecule has 0 saturated carbocycles. The van der Waals surface area contributed by atoms with Crippen molar-refractivity contribution in [2.45, 2.75) is 25.8 Å². The van der Waals surface area contributed by atoms with Crippen molar-refractivity contribution in [1.29, 1.82) is 0 Å². The molecule has 0 aliphatic rings. The normalized spacial score (nSPS) is 12.9. The molecule has 0 bridgehead atoms. The summed E-state index contributed by atoms with van der Waals surface area (Å²) in [6.45, 7) is 2.02. The first-order chi connectivity index (χ1) is 6.13. The molecular formula is C10H13ClFN. The van der Waals surface area contributed by atoms with Crippen molar-refractivity contribution >= 4 is 11.6 Å². The zero-order valence-electron chi connectivity index (χ0n) is 7.56. The van der Waals surface area contributed by atoms with Gasteiger partial charge in [-0.05, 0) is 30.5 Å². The molecule has 1 atom stereocenters. The van der Waals surface area contributed by atoms with Crippen molar-refractivity contribution in [1.82, 2.24) is 0 Å². The van der Waals surface area contributed by atoms with Crippen LogP contribution in [0.5, 0.6) is 0 Å². The molecule has 0 amide bonds. The lowest BCUT2D eigenvalue weighted by Crippen LogP contribution is -2.21. The highest BCUT2D eigenvalue weighted by Crippen LogP contribution is 2.18. The third-order valence-electron chi connectivity index (χ3n) is 2.02. The Morgan fingerprint density at radius 1 is 1.54 bits per heavy atom. The average molecular weight is 202 g/mol. The van der Waals surface area contributed by atoms with Gasteiger partial charge in [0.05, 0.1) is 0 Å². The lowest BCUT2D eigenvalue weighted by atomic mass is 10.0. The molecule has 13 heavy (non-hydrogen) atoms. The summed E-state index contributed by atoms with van der Waals surface area (Å²) in [6, 6.07) is 4.51. The molecule has 1 aromatic rings. The smallest absolute Gasteiger partial charge is 0.124 e. The Kier molecular flexibility index (Phi) is 3.70. The van der Waals surface area contributed by atoms with E-state index in [1.807, 2.05) is 6.92 Å². The Labute approximate surface area is 82.7 Å². The number of hydrogen-bond acceptors (Lipinski definition) is 1. The van der Waals surface area contributed by atoms with Gasteiger partial charge in [0.15, 0.2) is 0 Å². The van der Waals surface area contributed by atoms with Crippen LogP contribution >= 0.6 is 11.6 Å². The lowest BCUT2D eigenvalue weighted by Gasteiger charge is -2.09. The fourth-order valence-electron chi connectivity index (χ4n) is 1.11. The molecule has 0 aromatic heterocycles. The van der Waals surface area contributed by atoms with E-state index in [0.29, 0.717) is 11.4 Å². The molecule has 0 aliphatic carbocycles. The molecule has 0 fully saturated rings. The van der Waals surface area contributed by atoms with E-state index in [9.17, 15) is 4.39 Å². The zero-order valence-corrected chi connectivity index (χ0v) is 8.31. The highest BCUT2D eigenvalue weighted by Gasteiger charge is 2.05. The van der Waals surface area contributed by atoms with Gasteiger partial charge in [0.1, 0.15) is 5.82 Å². The largest absolute Gasteiger partial charge is 0.327 e. The maximum Gasteiger partial charge on any atom is 0.124 e. The average Bonchev–Trinajstić information content (AvgIpc) is 2.09. The molecule has 0 spiro atoms. The second-order valence-corrected chi connectivity index (χ2v) is 3.52. The van der Waals surface area contributed by atoms with Crippen LogP contribution in [0.3, 0.4) is 0 Å². The number of halogens is 2. The number of rotatable bonds is 3. The molecule has 0 heterocycles. The first-order valence-electron chi connectivity index (χ1n) is 4.33. The van der Waals surface area contributed by atoms with E-state index < -0.39 is 0 Å². The lowest BCUT2D eigenvalue weighted by molar-refractivity contribution is 0.621. The van der Waals surface area contributed by atoms with Crippen molar-refractivity contribution in [3.63, 3.8) is 0 Å². The van der Waals surface area contributed by atoms with Crippen molar-refractivity contribution in [2.75, 3.05) is 0 Å². The number of benzene rings is 1. The van der Waals surface area contributed by atoms with E-state index in [4.69, 9.17) is 17.3 Å². The Morgan fingerprint density at radius 3 is 2.77 bits per heavy atom. The van der Waals surface area contributed by atoms with Gasteiger partial charge in [-0.25, -0.2) is 4.39 Å². The third kappa shape index (κ3) is 2.98. The predicted molar refractivity (Wildman–Crippen MR) is 53.4 cm³/mol. The summed E-state index contributed by atoms with van der Waals surface area (Å²) in [5, 5.41) is 0.462. The number of hydrogen-bond donors (Lipinski definition) is 1. The molecule has 1 aromatic carbocycles. The summed E-state index contributed by atoms with van der Waals surface area (Å²) in [5.41, 5.74) is 6.67. The van der Waals surface area contributed by atoms with Gasteiger partial charge in [-0.15, -0.1) is 0 Å². The van der Waals surface area contributed by atoms with Gasteiger partial charge in [0, 0.05) is 11.1 Å². The first-order valence-corrected chi connectivity index (χ1v) is 4.70. The third-order valence-corrected chi connectivity index (χ3v) is 2.37. The van der Waals surface area contributed by atoms with Gasteiger partial charge in [-0.3, -0.25) is 0 Å². The predicted octanol–water partition coefficient (Wildman–Crippen LogP) is 2.76. The van der Waals surface area contributed by atoms with Crippen LogP contribution in [0.4, 0.5) is 4.39 Å². The van der Waals surface area contributed by atoms with Crippen molar-refractivity contribution < 1.29 is 4.39 Å². The van der Waals surface area contributed by atoms with Crippen LogP contribution in [0.2, 0.25) is 5.02 Å². The van der Waals surface area contributed by atoms with E-state index in [0.717, 1.165) is 12.0 Å². The minimum absolute atomic E-state index is 0.1000. The standard InChI is InChI=1S/C10H13ClFN/c1-2-9(13)5-7-3-4-8(12)6-10(7)11/h3-4,6,9H,2,5,13H2,1H3/t9-/m1/s1. The summed E-state index contributed by atoms with van der Waals surface area (Å²) >= 11 is 5.84. The molecule has 0 aliphatic heterocycles. The Morgan fingerprint density at radius 2 is 2.23 bits per heavy atom. The van der Waals surface area contributed by atoms with Gasteiger partial charge >= 0.3 is 0 Å². The molecule has 0 saturated heterocycles. The molecule has 1 rings (SSSR count). The van der Waals surface area contributed by atoms with Crippen LogP contribution in [0.1, 0.15) is 18.9 Å². The van der Waals surface area contributed by atoms with E-state index in [2.05, 4.69) is 0 Å². The first kappa shape index (κ1) is 10.5. The fraction of sp³-hybridized carbons (Fsp3) is 0.400. The molecule has 0 radical (unpaired) electrons. The minimum Gasteiger partial charge on any atom is -0.327 e. The van der Waals surface area contributed by atoms with Gasteiger partial charge in [-0.2, -0.15) is 0 Å². The highest BCUT2D eigenvalue weighted by molar-refractivity contribution is 6.31. The topological polar surface area (TPSA) is 26.0 Å². The van der Waals surface area contributed by atoms with E-state index in [1.54, 1.807) is 6.07 Å². The van der Waals surface area contributed by atoms with Gasteiger partial charge < -0.3 is 5.73 Å². The molecule has 1 nitrogen and oxygen atoms in total. The maximum atomic E-state index is 12.7. The Bertz CT molecular complexity index is 288. The SMILES string of the molecule is CC[C@@H](N)Cc1ccc(F)cc1Cl. The summed E-state index contributed by atoms with van der Waals surface area (Å²) < 4.78 is 12.7. The highest BCUT2D eigenvalue weighted by atomic mass is 35.5. The summed E-state index contributed by atoms with van der Waals surface area (Å²) in [5.74, 6) is -0.307. The van der Waals surface area contributed by atoms with Gasteiger partial charge in [0.25, 0.3) is 0 Å². The molecule has 2 N–H and O–H groups in total. The molecule has 0 unspecified atom stereocenters. The zero-order chi connectivity index (χ0) is 9.84. The van der Waals surface area contributed by atoms with E-state index >= 15 is 0 Å². The quantitative estimate of drug-likeness (QED) is 0.800. The molecular weight excluding hydrogens is 189 g/mol. The van der Waals surface area contributed by atoms with Crippen LogP contribution in [0.15, 0.2) is 18.2 Å². The van der Waals surface area contributed by atoms with Gasteiger partial charge in [-0.1, -0.05) is 24.6 Å². The van der Waals surface area contributed by atoms with Crippen molar-refractivity contribution in [3.05, 3.63) is 34.6 Å². The van der Waals surface area contributed by atoms with Crippen LogP contribution in [0, 0.1) is 5.82 Å². The van der Waals surface area contributed by atoms with Crippen LogP contribution < -0.4 is 5.73 Å². The van der Waals surface area contributed by atoms with Gasteiger partial charge in [0.2, 0.25) is 0 Å². The van der Waals surface area contributed by atoms with Crippen molar-refractivity contribution in [2.24, 2.45) is 5.73 Å². The summed E-state index contributed by atoms with van der Waals surface area (Å²) in [4.78, 5) is 0. The second kappa shape index (κ2) is 4.58.